The number of hydrogen-bond donors (Lipinski definition) is 0. The highest BCUT2D eigenvalue weighted by Crippen LogP contribution is 2.17. The van der Waals surface area contributed by atoms with Crippen molar-refractivity contribution in [2.45, 2.75) is 12.8 Å². The molecule has 2 heterocycles. The molecular weight excluding hydrogens is 296 g/mol. The van der Waals surface area contributed by atoms with Crippen molar-refractivity contribution in [3.8, 4) is 17.4 Å². The number of nitrogens with zero attached hydrogens (tertiary/aromatic N) is 4. The van der Waals surface area contributed by atoms with E-state index < -0.39 is 5.97 Å². The molecule has 2 aromatic rings. The molecule has 0 aliphatic heterocycles. The quantitative estimate of drug-likeness (QED) is 0.615. The molecule has 21 heavy (non-hydrogen) atoms. The molecule has 0 aromatic carbocycles. The molecule has 0 N–H and O–H groups in total. The number of carbonyl (C=O) groups is 1. The third kappa shape index (κ3) is 3.43. The van der Waals surface area contributed by atoms with Gasteiger partial charge in [0, 0.05) is 12.3 Å². The van der Waals surface area contributed by atoms with Crippen LogP contribution in [0.1, 0.15) is 23.0 Å². The van der Waals surface area contributed by atoms with Crippen molar-refractivity contribution >= 4 is 17.6 Å². The van der Waals surface area contributed by atoms with Gasteiger partial charge < -0.3 is 9.47 Å². The van der Waals surface area contributed by atoms with E-state index in [0.29, 0.717) is 23.1 Å². The number of hydrogen-bond acceptors (Lipinski definition) is 7. The maximum absolute atomic E-state index is 11.8. The van der Waals surface area contributed by atoms with Crippen LogP contribution >= 0.6 is 11.6 Å². The third-order valence-corrected chi connectivity index (χ3v) is 2.82. The van der Waals surface area contributed by atoms with Gasteiger partial charge in [0.25, 0.3) is 0 Å². The predicted molar refractivity (Wildman–Crippen MR) is 75.1 cm³/mol. The molecule has 2 aromatic heterocycles. The summed E-state index contributed by atoms with van der Waals surface area (Å²) in [7, 11) is 1.50. The molecule has 0 radical (unpaired) electrons. The molecule has 0 bridgehead atoms. The predicted octanol–water partition coefficient (Wildman–Crippen LogP) is 1.86. The highest BCUT2D eigenvalue weighted by Gasteiger charge is 2.16. The van der Waals surface area contributed by atoms with Gasteiger partial charge in [0.15, 0.2) is 5.82 Å². The lowest BCUT2D eigenvalue weighted by Gasteiger charge is -2.07. The normalized spacial score (nSPS) is 10.2. The van der Waals surface area contributed by atoms with Crippen LogP contribution in [0.2, 0.25) is 0 Å². The summed E-state index contributed by atoms with van der Waals surface area (Å²) in [5, 5.41) is 7.79. The third-order valence-electron chi connectivity index (χ3n) is 2.57. The van der Waals surface area contributed by atoms with Crippen LogP contribution < -0.4 is 4.74 Å². The van der Waals surface area contributed by atoms with Gasteiger partial charge in [0.05, 0.1) is 25.3 Å². The van der Waals surface area contributed by atoms with Gasteiger partial charge in [0.1, 0.15) is 11.3 Å². The smallest absolute Gasteiger partial charge is 0.341 e. The van der Waals surface area contributed by atoms with E-state index in [1.807, 2.05) is 0 Å². The molecule has 0 fully saturated rings. The van der Waals surface area contributed by atoms with Crippen LogP contribution in [0.5, 0.6) is 5.88 Å². The molecule has 0 aliphatic rings. The summed E-state index contributed by atoms with van der Waals surface area (Å²) in [4.78, 5) is 20.1. The van der Waals surface area contributed by atoms with E-state index in [-0.39, 0.29) is 18.1 Å². The van der Waals surface area contributed by atoms with Crippen LogP contribution in [-0.2, 0) is 10.6 Å². The second kappa shape index (κ2) is 6.94. The van der Waals surface area contributed by atoms with Crippen molar-refractivity contribution in [2.75, 3.05) is 13.7 Å². The van der Waals surface area contributed by atoms with E-state index in [4.69, 9.17) is 21.1 Å². The molecule has 2 rings (SSSR count). The van der Waals surface area contributed by atoms with Gasteiger partial charge in [-0.2, -0.15) is 0 Å². The fraction of sp³-hybridized carbons (Fsp3) is 0.308. The zero-order valence-corrected chi connectivity index (χ0v) is 12.3. The molecule has 0 spiro atoms. The van der Waals surface area contributed by atoms with Crippen molar-refractivity contribution in [3.63, 3.8) is 0 Å². The maximum Gasteiger partial charge on any atom is 0.341 e. The number of halogens is 1. The van der Waals surface area contributed by atoms with Crippen molar-refractivity contribution in [2.24, 2.45) is 0 Å². The molecule has 0 saturated carbocycles. The van der Waals surface area contributed by atoms with E-state index in [2.05, 4.69) is 20.2 Å². The Morgan fingerprint density at radius 2 is 2.14 bits per heavy atom. The van der Waals surface area contributed by atoms with Gasteiger partial charge in [-0.1, -0.05) is 0 Å². The van der Waals surface area contributed by atoms with Crippen molar-refractivity contribution in [3.05, 3.63) is 29.6 Å². The summed E-state index contributed by atoms with van der Waals surface area (Å²) in [6.07, 6.45) is 1.38. The number of aromatic nitrogens is 4. The van der Waals surface area contributed by atoms with Gasteiger partial charge in [0.2, 0.25) is 5.88 Å². The van der Waals surface area contributed by atoms with E-state index in [1.165, 1.54) is 13.3 Å². The molecule has 0 unspecified atom stereocenters. The number of ether oxygens (including phenoxy) is 2. The van der Waals surface area contributed by atoms with Crippen molar-refractivity contribution < 1.29 is 14.3 Å². The highest BCUT2D eigenvalue weighted by molar-refractivity contribution is 6.17. The first-order valence-corrected chi connectivity index (χ1v) is 6.70. The second-order valence-corrected chi connectivity index (χ2v) is 4.14. The Labute approximate surface area is 126 Å². The van der Waals surface area contributed by atoms with Crippen molar-refractivity contribution in [1.29, 1.82) is 0 Å². The first kappa shape index (κ1) is 15.1. The standard InChI is InChI=1S/C13H13ClN4O3/c1-3-21-13(19)8-7-15-12(16-10(8)6-14)9-4-5-11(20-2)18-17-9/h4-5,7H,3,6H2,1-2H3. The van der Waals surface area contributed by atoms with Crippen LogP contribution in [0.15, 0.2) is 18.3 Å². The molecule has 7 nitrogen and oxygen atoms in total. The number of carbonyl (C=O) groups excluding carboxylic acids is 1. The van der Waals surface area contributed by atoms with Crippen molar-refractivity contribution in [1.82, 2.24) is 20.2 Å². The average molecular weight is 309 g/mol. The Bertz CT molecular complexity index is 634. The van der Waals surface area contributed by atoms with Gasteiger partial charge >= 0.3 is 5.97 Å². The average Bonchev–Trinajstić information content (AvgIpc) is 2.54. The summed E-state index contributed by atoms with van der Waals surface area (Å²) < 4.78 is 9.85. The molecule has 0 saturated heterocycles. The fourth-order valence-corrected chi connectivity index (χ4v) is 1.77. The Balaban J connectivity index is 2.35. The molecular formula is C13H13ClN4O3. The Morgan fingerprint density at radius 1 is 1.33 bits per heavy atom. The van der Waals surface area contributed by atoms with E-state index in [0.717, 1.165) is 0 Å². The van der Waals surface area contributed by atoms with Crippen LogP contribution in [0.4, 0.5) is 0 Å². The minimum atomic E-state index is -0.500. The fourth-order valence-electron chi connectivity index (χ4n) is 1.57. The van der Waals surface area contributed by atoms with E-state index >= 15 is 0 Å². The molecule has 0 amide bonds. The Kier molecular flexibility index (Phi) is 4.99. The second-order valence-electron chi connectivity index (χ2n) is 3.87. The first-order chi connectivity index (χ1) is 10.2. The molecule has 110 valence electrons. The summed E-state index contributed by atoms with van der Waals surface area (Å²) in [5.41, 5.74) is 1.09. The number of esters is 1. The van der Waals surface area contributed by atoms with Crippen LogP contribution in [0.25, 0.3) is 11.5 Å². The Hall–Kier alpha value is -2.28. The lowest BCUT2D eigenvalue weighted by molar-refractivity contribution is 0.0524. The van der Waals surface area contributed by atoms with Crippen LogP contribution in [0.3, 0.4) is 0 Å². The minimum absolute atomic E-state index is 0.0627. The lowest BCUT2D eigenvalue weighted by Crippen LogP contribution is -2.11. The maximum atomic E-state index is 11.8. The van der Waals surface area contributed by atoms with Crippen LogP contribution in [0, 0.1) is 0 Å². The SMILES string of the molecule is CCOC(=O)c1cnc(-c2ccc(OC)nn2)nc1CCl. The van der Waals surface area contributed by atoms with E-state index in [9.17, 15) is 4.79 Å². The number of rotatable bonds is 5. The molecule has 8 heteroatoms. The topological polar surface area (TPSA) is 87.1 Å². The lowest BCUT2D eigenvalue weighted by atomic mass is 10.2. The van der Waals surface area contributed by atoms with E-state index in [1.54, 1.807) is 19.1 Å². The zero-order chi connectivity index (χ0) is 15.2. The first-order valence-electron chi connectivity index (χ1n) is 6.16. The molecule has 0 aliphatic carbocycles. The van der Waals surface area contributed by atoms with Gasteiger partial charge in [-0.3, -0.25) is 0 Å². The summed E-state index contributed by atoms with van der Waals surface area (Å²) in [6, 6.07) is 3.31. The summed E-state index contributed by atoms with van der Waals surface area (Å²) in [6.45, 7) is 1.99. The zero-order valence-electron chi connectivity index (χ0n) is 11.5. The summed E-state index contributed by atoms with van der Waals surface area (Å²) >= 11 is 5.83. The minimum Gasteiger partial charge on any atom is -0.480 e. The number of methoxy groups -OCH3 is 1. The highest BCUT2D eigenvalue weighted by atomic mass is 35.5. The van der Waals surface area contributed by atoms with Crippen LogP contribution in [-0.4, -0.2) is 39.9 Å². The largest absolute Gasteiger partial charge is 0.480 e. The Morgan fingerprint density at radius 3 is 2.71 bits per heavy atom. The monoisotopic (exact) mass is 308 g/mol. The van der Waals surface area contributed by atoms with Gasteiger partial charge in [-0.25, -0.2) is 14.8 Å². The number of alkyl halides is 1. The van der Waals surface area contributed by atoms with Gasteiger partial charge in [-0.05, 0) is 13.0 Å². The molecule has 0 atom stereocenters. The van der Waals surface area contributed by atoms with Gasteiger partial charge in [-0.15, -0.1) is 21.8 Å². The summed E-state index contributed by atoms with van der Waals surface area (Å²) in [5.74, 6) is 0.279.